The van der Waals surface area contributed by atoms with E-state index in [1.54, 1.807) is 6.07 Å². The first-order chi connectivity index (χ1) is 19.0. The van der Waals surface area contributed by atoms with Gasteiger partial charge in [0.2, 0.25) is 0 Å². The Morgan fingerprint density at radius 1 is 0.795 bits per heavy atom. The monoisotopic (exact) mass is 516 g/mol. The highest BCUT2D eigenvalue weighted by Gasteiger charge is 2.17. The Balaban J connectivity index is 1.31. The number of aryl methyl sites for hydroxylation is 2. The number of esters is 1. The summed E-state index contributed by atoms with van der Waals surface area (Å²) in [5.41, 5.74) is 6.40. The van der Waals surface area contributed by atoms with Crippen molar-refractivity contribution in [2.45, 2.75) is 20.5 Å². The van der Waals surface area contributed by atoms with Crippen molar-refractivity contribution < 1.29 is 19.1 Å². The summed E-state index contributed by atoms with van der Waals surface area (Å²) >= 11 is 0. The second kappa shape index (κ2) is 11.6. The molecule has 0 aliphatic rings. The zero-order valence-electron chi connectivity index (χ0n) is 21.8. The highest BCUT2D eigenvalue weighted by Crippen LogP contribution is 2.27. The number of benzene rings is 4. The number of carbonyl (C=O) groups is 2. The first kappa shape index (κ1) is 25.7. The number of nitrogens with zero attached hydrogens (tertiary/aromatic N) is 1. The lowest BCUT2D eigenvalue weighted by Gasteiger charge is -2.11. The number of hydrogen-bond acceptors (Lipinski definition) is 5. The molecule has 6 heteroatoms. The van der Waals surface area contributed by atoms with Gasteiger partial charge in [-0.3, -0.25) is 4.79 Å². The van der Waals surface area contributed by atoms with Gasteiger partial charge < -0.3 is 14.8 Å². The quantitative estimate of drug-likeness (QED) is 0.227. The van der Waals surface area contributed by atoms with Crippen molar-refractivity contribution in [3.8, 4) is 17.0 Å². The average Bonchev–Trinajstić information content (AvgIpc) is 2.97. The molecule has 0 saturated carbocycles. The summed E-state index contributed by atoms with van der Waals surface area (Å²) in [6.07, 6.45) is 0. The van der Waals surface area contributed by atoms with Crippen LogP contribution in [0.2, 0.25) is 0 Å². The second-order valence-electron chi connectivity index (χ2n) is 9.29. The summed E-state index contributed by atoms with van der Waals surface area (Å²) in [4.78, 5) is 30.3. The third kappa shape index (κ3) is 6.30. The SMILES string of the molecule is Cc1ccc(NC(=O)COC(=O)c2cc(-c3ccc(OCc4ccccc4)cc3)nc3ccccc23)cc1C. The van der Waals surface area contributed by atoms with E-state index in [1.807, 2.05) is 111 Å². The average molecular weight is 517 g/mol. The van der Waals surface area contributed by atoms with Crippen LogP contribution in [-0.4, -0.2) is 23.5 Å². The minimum atomic E-state index is -0.590. The van der Waals surface area contributed by atoms with Gasteiger partial charge in [-0.25, -0.2) is 9.78 Å². The molecule has 5 rings (SSSR count). The van der Waals surface area contributed by atoms with Crippen LogP contribution in [0.25, 0.3) is 22.2 Å². The Bertz CT molecular complexity index is 1630. The predicted octanol–water partition coefficient (Wildman–Crippen LogP) is 6.89. The standard InChI is InChI=1S/C33H28N2O4/c1-22-12-15-26(18-23(22)2)34-32(36)21-39-33(37)29-19-31(35-30-11-7-6-10-28(29)30)25-13-16-27(17-14-25)38-20-24-8-4-3-5-9-24/h3-19H,20-21H2,1-2H3,(H,34,36). The predicted molar refractivity (Wildman–Crippen MR) is 153 cm³/mol. The molecular formula is C33H28N2O4. The fourth-order valence-corrected chi connectivity index (χ4v) is 4.18. The van der Waals surface area contributed by atoms with E-state index < -0.39 is 18.5 Å². The number of nitrogens with one attached hydrogen (secondary N) is 1. The number of hydrogen-bond donors (Lipinski definition) is 1. The molecule has 0 spiro atoms. The first-order valence-electron chi connectivity index (χ1n) is 12.7. The topological polar surface area (TPSA) is 77.5 Å². The minimum absolute atomic E-state index is 0.346. The van der Waals surface area contributed by atoms with Crippen LogP contribution >= 0.6 is 0 Å². The van der Waals surface area contributed by atoms with Crippen LogP contribution in [0.15, 0.2) is 103 Å². The van der Waals surface area contributed by atoms with Crippen LogP contribution < -0.4 is 10.1 Å². The van der Waals surface area contributed by atoms with Crippen LogP contribution in [0.4, 0.5) is 5.69 Å². The lowest BCUT2D eigenvalue weighted by Crippen LogP contribution is -2.21. The number of para-hydroxylation sites is 1. The molecule has 0 aliphatic heterocycles. The second-order valence-corrected chi connectivity index (χ2v) is 9.29. The maximum absolute atomic E-state index is 13.1. The fourth-order valence-electron chi connectivity index (χ4n) is 4.18. The van der Waals surface area contributed by atoms with Gasteiger partial charge >= 0.3 is 5.97 Å². The van der Waals surface area contributed by atoms with Gasteiger partial charge in [-0.05, 0) is 79.1 Å². The van der Waals surface area contributed by atoms with Crippen LogP contribution in [0, 0.1) is 13.8 Å². The van der Waals surface area contributed by atoms with E-state index in [-0.39, 0.29) is 0 Å². The zero-order chi connectivity index (χ0) is 27.2. The molecule has 0 radical (unpaired) electrons. The van der Waals surface area contributed by atoms with Crippen molar-refractivity contribution in [3.05, 3.63) is 125 Å². The smallest absolute Gasteiger partial charge is 0.339 e. The van der Waals surface area contributed by atoms with Gasteiger partial charge in [0.15, 0.2) is 6.61 Å². The maximum Gasteiger partial charge on any atom is 0.339 e. The Morgan fingerprint density at radius 3 is 2.31 bits per heavy atom. The van der Waals surface area contributed by atoms with Gasteiger partial charge in [-0.15, -0.1) is 0 Å². The molecule has 0 fully saturated rings. The number of ether oxygens (including phenoxy) is 2. The van der Waals surface area contributed by atoms with E-state index in [0.717, 1.165) is 28.0 Å². The first-order valence-corrected chi connectivity index (χ1v) is 12.7. The summed E-state index contributed by atoms with van der Waals surface area (Å²) in [6.45, 7) is 4.05. The van der Waals surface area contributed by atoms with Crippen LogP contribution in [0.5, 0.6) is 5.75 Å². The molecule has 4 aromatic carbocycles. The van der Waals surface area contributed by atoms with Gasteiger partial charge in [0.25, 0.3) is 5.91 Å². The van der Waals surface area contributed by atoms with Crippen molar-refractivity contribution in [1.82, 2.24) is 4.98 Å². The molecular weight excluding hydrogens is 488 g/mol. The van der Waals surface area contributed by atoms with Gasteiger partial charge in [0, 0.05) is 16.6 Å². The summed E-state index contributed by atoms with van der Waals surface area (Å²) in [5.74, 6) is -0.262. The molecule has 6 nitrogen and oxygen atoms in total. The molecule has 1 N–H and O–H groups in total. The molecule has 0 bridgehead atoms. The summed E-state index contributed by atoms with van der Waals surface area (Å²) in [7, 11) is 0. The lowest BCUT2D eigenvalue weighted by atomic mass is 10.0. The molecule has 0 atom stereocenters. The van der Waals surface area contributed by atoms with Crippen molar-refractivity contribution in [2.24, 2.45) is 0 Å². The fraction of sp³-hybridized carbons (Fsp3) is 0.121. The van der Waals surface area contributed by atoms with Crippen molar-refractivity contribution in [3.63, 3.8) is 0 Å². The zero-order valence-corrected chi connectivity index (χ0v) is 21.8. The van der Waals surface area contributed by atoms with Crippen molar-refractivity contribution in [2.75, 3.05) is 11.9 Å². The molecule has 39 heavy (non-hydrogen) atoms. The third-order valence-electron chi connectivity index (χ3n) is 6.46. The molecule has 0 saturated heterocycles. The van der Waals surface area contributed by atoms with E-state index in [2.05, 4.69) is 5.32 Å². The van der Waals surface area contributed by atoms with E-state index >= 15 is 0 Å². The van der Waals surface area contributed by atoms with Crippen LogP contribution in [-0.2, 0) is 16.1 Å². The van der Waals surface area contributed by atoms with E-state index in [4.69, 9.17) is 14.5 Å². The van der Waals surface area contributed by atoms with Crippen LogP contribution in [0.1, 0.15) is 27.0 Å². The van der Waals surface area contributed by atoms with Crippen molar-refractivity contribution >= 4 is 28.5 Å². The summed E-state index contributed by atoms with van der Waals surface area (Å²) in [6, 6.07) is 32.2. The Morgan fingerprint density at radius 2 is 1.54 bits per heavy atom. The van der Waals surface area contributed by atoms with E-state index in [1.165, 1.54) is 0 Å². The highest BCUT2D eigenvalue weighted by molar-refractivity contribution is 6.05. The molecule has 194 valence electrons. The molecule has 0 unspecified atom stereocenters. The summed E-state index contributed by atoms with van der Waals surface area (Å²) < 4.78 is 11.3. The Kier molecular flexibility index (Phi) is 7.64. The van der Waals surface area contributed by atoms with Gasteiger partial charge in [-0.2, -0.15) is 0 Å². The Labute approximate surface area is 227 Å². The molecule has 1 aromatic heterocycles. The van der Waals surface area contributed by atoms with E-state index in [0.29, 0.717) is 34.5 Å². The maximum atomic E-state index is 13.1. The van der Waals surface area contributed by atoms with Crippen LogP contribution in [0.3, 0.4) is 0 Å². The number of pyridine rings is 1. The van der Waals surface area contributed by atoms with Gasteiger partial charge in [0.05, 0.1) is 16.8 Å². The van der Waals surface area contributed by atoms with Crippen molar-refractivity contribution in [1.29, 1.82) is 0 Å². The number of carbonyl (C=O) groups excluding carboxylic acids is 2. The van der Waals surface area contributed by atoms with Gasteiger partial charge in [-0.1, -0.05) is 54.6 Å². The molecule has 0 aliphatic carbocycles. The number of fused-ring (bicyclic) bond motifs is 1. The van der Waals surface area contributed by atoms with E-state index in [9.17, 15) is 9.59 Å². The normalized spacial score (nSPS) is 10.7. The minimum Gasteiger partial charge on any atom is -0.489 e. The largest absolute Gasteiger partial charge is 0.489 e. The molecule has 1 amide bonds. The Hall–Kier alpha value is -4.97. The number of anilines is 1. The summed E-state index contributed by atoms with van der Waals surface area (Å²) in [5, 5.41) is 3.43. The third-order valence-corrected chi connectivity index (χ3v) is 6.46. The number of aromatic nitrogens is 1. The highest BCUT2D eigenvalue weighted by atomic mass is 16.5. The number of rotatable bonds is 8. The number of amides is 1. The van der Waals surface area contributed by atoms with Gasteiger partial charge in [0.1, 0.15) is 12.4 Å². The molecule has 5 aromatic rings. The lowest BCUT2D eigenvalue weighted by molar-refractivity contribution is -0.119. The molecule has 1 heterocycles.